The highest BCUT2D eigenvalue weighted by Gasteiger charge is 2.37. The van der Waals surface area contributed by atoms with Gasteiger partial charge in [0.2, 0.25) is 5.91 Å². The van der Waals surface area contributed by atoms with Gasteiger partial charge < -0.3 is 10.2 Å². The molecule has 1 saturated carbocycles. The van der Waals surface area contributed by atoms with Gasteiger partial charge in [0.15, 0.2) is 0 Å². The van der Waals surface area contributed by atoms with Gasteiger partial charge in [0.05, 0.1) is 29.7 Å². The number of carbonyl (C=O) groups is 2. The monoisotopic (exact) mass is 433 g/mol. The van der Waals surface area contributed by atoms with Crippen LogP contribution in [0.3, 0.4) is 0 Å². The first-order chi connectivity index (χ1) is 15.6. The van der Waals surface area contributed by atoms with E-state index in [9.17, 15) is 14.0 Å². The quantitative estimate of drug-likeness (QED) is 0.682. The van der Waals surface area contributed by atoms with Crippen molar-refractivity contribution in [2.45, 2.75) is 50.7 Å². The number of fused-ring (bicyclic) bond motifs is 3. The highest BCUT2D eigenvalue weighted by atomic mass is 19.1. The van der Waals surface area contributed by atoms with Gasteiger partial charge in [-0.25, -0.2) is 9.07 Å². The van der Waals surface area contributed by atoms with E-state index in [4.69, 9.17) is 0 Å². The van der Waals surface area contributed by atoms with Crippen molar-refractivity contribution >= 4 is 11.8 Å². The smallest absolute Gasteiger partial charge is 0.257 e. The summed E-state index contributed by atoms with van der Waals surface area (Å²) in [5, 5.41) is 11.3. The van der Waals surface area contributed by atoms with E-state index in [0.717, 1.165) is 25.7 Å². The Labute approximate surface area is 185 Å². The summed E-state index contributed by atoms with van der Waals surface area (Å²) in [5.74, 6) is -0.926. The molecule has 2 aromatic carbocycles. The number of nitrogens with one attached hydrogen (secondary N) is 1. The van der Waals surface area contributed by atoms with Gasteiger partial charge in [-0.2, -0.15) is 0 Å². The number of nitrogens with zero attached hydrogens (tertiary/aromatic N) is 4. The molecule has 164 valence electrons. The van der Waals surface area contributed by atoms with Crippen LogP contribution < -0.4 is 5.32 Å². The maximum atomic E-state index is 13.7. The van der Waals surface area contributed by atoms with Gasteiger partial charge in [-0.3, -0.25) is 9.59 Å². The van der Waals surface area contributed by atoms with Crippen LogP contribution in [0.2, 0.25) is 0 Å². The Hall–Kier alpha value is -3.55. The largest absolute Gasteiger partial charge is 0.351 e. The van der Waals surface area contributed by atoms with E-state index in [1.54, 1.807) is 35.1 Å². The van der Waals surface area contributed by atoms with Crippen molar-refractivity contribution in [3.05, 3.63) is 77.4 Å². The Bertz CT molecular complexity index is 1140. The fourth-order valence-corrected chi connectivity index (χ4v) is 4.66. The first-order valence-electron chi connectivity index (χ1n) is 11.0. The van der Waals surface area contributed by atoms with Crippen LogP contribution in [-0.2, 0) is 11.3 Å². The summed E-state index contributed by atoms with van der Waals surface area (Å²) < 4.78 is 15.3. The van der Waals surface area contributed by atoms with Crippen LogP contribution in [0.25, 0.3) is 5.69 Å². The number of amides is 2. The highest BCUT2D eigenvalue weighted by Crippen LogP contribution is 2.31. The van der Waals surface area contributed by atoms with Crippen LogP contribution in [0.15, 0.2) is 54.7 Å². The number of benzene rings is 2. The number of para-hydroxylation sites is 1. The Balaban J connectivity index is 1.57. The number of hydrogen-bond donors (Lipinski definition) is 1. The molecule has 0 saturated heterocycles. The Morgan fingerprint density at radius 1 is 1.06 bits per heavy atom. The molecule has 0 radical (unpaired) electrons. The molecule has 2 heterocycles. The van der Waals surface area contributed by atoms with Crippen molar-refractivity contribution < 1.29 is 14.0 Å². The van der Waals surface area contributed by atoms with Crippen LogP contribution in [0.5, 0.6) is 0 Å². The lowest BCUT2D eigenvalue weighted by Crippen LogP contribution is -2.46. The molecule has 32 heavy (non-hydrogen) atoms. The number of halogens is 1. The van der Waals surface area contributed by atoms with Gasteiger partial charge in [0, 0.05) is 6.04 Å². The lowest BCUT2D eigenvalue weighted by Gasteiger charge is -2.32. The summed E-state index contributed by atoms with van der Waals surface area (Å²) in [6.45, 7) is 0.153. The first-order valence-corrected chi connectivity index (χ1v) is 11.0. The summed E-state index contributed by atoms with van der Waals surface area (Å²) in [6, 6.07) is 12.1. The van der Waals surface area contributed by atoms with Crippen molar-refractivity contribution in [3.63, 3.8) is 0 Å². The van der Waals surface area contributed by atoms with E-state index in [0.29, 0.717) is 22.5 Å². The zero-order valence-corrected chi connectivity index (χ0v) is 17.6. The van der Waals surface area contributed by atoms with E-state index >= 15 is 0 Å². The summed E-state index contributed by atoms with van der Waals surface area (Å²) in [5.41, 5.74) is 2.32. The minimum Gasteiger partial charge on any atom is -0.351 e. The molecule has 2 amide bonds. The minimum atomic E-state index is -0.903. The minimum absolute atomic E-state index is 0.0840. The van der Waals surface area contributed by atoms with Crippen molar-refractivity contribution in [1.82, 2.24) is 25.2 Å². The Morgan fingerprint density at radius 2 is 1.81 bits per heavy atom. The molecule has 0 bridgehead atoms. The molecule has 1 aliphatic heterocycles. The topological polar surface area (TPSA) is 80.1 Å². The fourth-order valence-electron chi connectivity index (χ4n) is 4.66. The average Bonchev–Trinajstić information content (AvgIpc) is 3.24. The third-order valence-electron chi connectivity index (χ3n) is 6.27. The molecule has 1 aromatic heterocycles. The predicted octanol–water partition coefficient (Wildman–Crippen LogP) is 3.55. The van der Waals surface area contributed by atoms with E-state index in [1.807, 2.05) is 12.1 Å². The molecule has 5 rings (SSSR count). The van der Waals surface area contributed by atoms with Crippen LogP contribution in [-0.4, -0.2) is 37.7 Å². The van der Waals surface area contributed by atoms with E-state index in [2.05, 4.69) is 15.6 Å². The molecule has 0 spiro atoms. The van der Waals surface area contributed by atoms with Gasteiger partial charge in [0.1, 0.15) is 11.9 Å². The number of hydrogen-bond acceptors (Lipinski definition) is 4. The molecule has 1 unspecified atom stereocenters. The average molecular weight is 433 g/mol. The number of aromatic nitrogens is 3. The SMILES string of the molecule is O=C(NC1CCCCC1)C(c1ccc(F)cc1)N1Cc2cnnn2-c2ccccc2C1=O. The van der Waals surface area contributed by atoms with Crippen LogP contribution in [0, 0.1) is 5.82 Å². The molecule has 1 fully saturated rings. The second-order valence-electron chi connectivity index (χ2n) is 8.38. The number of carbonyl (C=O) groups excluding carboxylic acids is 2. The van der Waals surface area contributed by atoms with Crippen LogP contribution in [0.1, 0.15) is 59.8 Å². The van der Waals surface area contributed by atoms with Gasteiger partial charge in [-0.05, 0) is 42.7 Å². The Morgan fingerprint density at radius 3 is 2.59 bits per heavy atom. The van der Waals surface area contributed by atoms with Gasteiger partial charge in [-0.15, -0.1) is 5.10 Å². The maximum absolute atomic E-state index is 13.7. The van der Waals surface area contributed by atoms with E-state index in [1.165, 1.54) is 23.5 Å². The second kappa shape index (κ2) is 8.53. The number of rotatable bonds is 4. The van der Waals surface area contributed by atoms with Crippen molar-refractivity contribution in [3.8, 4) is 5.69 Å². The summed E-state index contributed by atoms with van der Waals surface area (Å²) in [4.78, 5) is 28.8. The zero-order chi connectivity index (χ0) is 22.1. The summed E-state index contributed by atoms with van der Waals surface area (Å²) >= 11 is 0. The molecule has 1 aliphatic carbocycles. The normalized spacial score (nSPS) is 17.3. The van der Waals surface area contributed by atoms with Gasteiger partial charge in [0.25, 0.3) is 5.91 Å². The van der Waals surface area contributed by atoms with Crippen molar-refractivity contribution in [2.24, 2.45) is 0 Å². The molecule has 1 atom stereocenters. The lowest BCUT2D eigenvalue weighted by atomic mass is 9.94. The van der Waals surface area contributed by atoms with Gasteiger partial charge >= 0.3 is 0 Å². The zero-order valence-electron chi connectivity index (χ0n) is 17.6. The molecule has 7 nitrogen and oxygen atoms in total. The van der Waals surface area contributed by atoms with Crippen molar-refractivity contribution in [2.75, 3.05) is 0 Å². The van der Waals surface area contributed by atoms with E-state index < -0.39 is 11.9 Å². The predicted molar refractivity (Wildman–Crippen MR) is 115 cm³/mol. The van der Waals surface area contributed by atoms with Gasteiger partial charge in [-0.1, -0.05) is 48.7 Å². The molecular weight excluding hydrogens is 409 g/mol. The summed E-state index contributed by atoms with van der Waals surface area (Å²) in [6.07, 6.45) is 6.78. The van der Waals surface area contributed by atoms with Crippen LogP contribution >= 0.6 is 0 Å². The molecular formula is C24H24FN5O2. The molecule has 3 aromatic rings. The van der Waals surface area contributed by atoms with E-state index in [-0.39, 0.29) is 24.4 Å². The summed E-state index contributed by atoms with van der Waals surface area (Å²) in [7, 11) is 0. The fraction of sp³-hybridized carbons (Fsp3) is 0.333. The second-order valence-corrected chi connectivity index (χ2v) is 8.38. The standard InChI is InChI=1S/C24H24FN5O2/c25-17-12-10-16(11-13-17)22(23(31)27-18-6-2-1-3-7-18)29-15-19-14-26-28-30(19)21-9-5-4-8-20(21)24(29)32/h4-5,8-14,18,22H,1-3,6-7,15H2,(H,27,31). The molecule has 2 aliphatic rings. The van der Waals surface area contributed by atoms with Crippen molar-refractivity contribution in [1.29, 1.82) is 0 Å². The molecule has 8 heteroatoms. The maximum Gasteiger partial charge on any atom is 0.257 e. The third-order valence-corrected chi connectivity index (χ3v) is 6.27. The molecule has 1 N–H and O–H groups in total. The lowest BCUT2D eigenvalue weighted by molar-refractivity contribution is -0.127. The highest BCUT2D eigenvalue weighted by molar-refractivity contribution is 6.01. The van der Waals surface area contributed by atoms with Crippen LogP contribution in [0.4, 0.5) is 4.39 Å². The third kappa shape index (κ3) is 3.77. The first kappa shape index (κ1) is 20.4. The Kier molecular flexibility index (Phi) is 5.43.